The number of hydrogen-bond donors (Lipinski definition) is 3. The normalized spacial score (nSPS) is 12.2. The summed E-state index contributed by atoms with van der Waals surface area (Å²) in [6, 6.07) is 6.35. The molecular formula is C14H22ClN3O2. The highest BCUT2D eigenvalue weighted by molar-refractivity contribution is 5.88. The standard InChI is InChI=1S/C14H21N3O2.ClH/c1-14(2,3)12(13(16)19)17-11(18)8-9-4-6-10(15)7-5-9;/h4-7,12H,8,15H2,1-3H3,(H2,16,19)(H,17,18);1H. The maximum atomic E-state index is 11.9. The molecule has 0 fully saturated rings. The van der Waals surface area contributed by atoms with Gasteiger partial charge in [0.1, 0.15) is 6.04 Å². The second kappa shape index (κ2) is 7.14. The minimum atomic E-state index is -0.686. The number of hydrogen-bond acceptors (Lipinski definition) is 3. The molecule has 5 nitrogen and oxygen atoms in total. The molecule has 1 atom stereocenters. The number of nitrogen functional groups attached to an aromatic ring is 1. The summed E-state index contributed by atoms with van der Waals surface area (Å²) in [7, 11) is 0. The predicted octanol–water partition coefficient (Wildman–Crippen LogP) is 1.25. The van der Waals surface area contributed by atoms with Gasteiger partial charge in [-0.25, -0.2) is 0 Å². The Kier molecular flexibility index (Phi) is 6.52. The molecule has 2 amide bonds. The zero-order valence-electron chi connectivity index (χ0n) is 12.0. The Hall–Kier alpha value is -1.75. The third kappa shape index (κ3) is 5.48. The number of anilines is 1. The van der Waals surface area contributed by atoms with Gasteiger partial charge in [0.05, 0.1) is 6.42 Å². The molecule has 0 aromatic heterocycles. The molecule has 0 saturated carbocycles. The fourth-order valence-electron chi connectivity index (χ4n) is 1.75. The summed E-state index contributed by atoms with van der Waals surface area (Å²) in [4.78, 5) is 23.3. The summed E-state index contributed by atoms with van der Waals surface area (Å²) >= 11 is 0. The van der Waals surface area contributed by atoms with E-state index in [-0.39, 0.29) is 24.7 Å². The molecular weight excluding hydrogens is 278 g/mol. The number of amides is 2. The topological polar surface area (TPSA) is 98.2 Å². The van der Waals surface area contributed by atoms with Crippen molar-refractivity contribution in [2.45, 2.75) is 33.2 Å². The molecule has 0 aliphatic heterocycles. The molecule has 5 N–H and O–H groups in total. The van der Waals surface area contributed by atoms with Crippen LogP contribution in [0.15, 0.2) is 24.3 Å². The van der Waals surface area contributed by atoms with Crippen LogP contribution in [0.5, 0.6) is 0 Å². The van der Waals surface area contributed by atoms with E-state index < -0.39 is 17.4 Å². The van der Waals surface area contributed by atoms with Gasteiger partial charge < -0.3 is 16.8 Å². The van der Waals surface area contributed by atoms with Crippen molar-refractivity contribution in [3.63, 3.8) is 0 Å². The van der Waals surface area contributed by atoms with E-state index in [1.807, 2.05) is 20.8 Å². The number of carbonyl (C=O) groups excluding carboxylic acids is 2. The molecule has 1 rings (SSSR count). The van der Waals surface area contributed by atoms with Gasteiger partial charge in [0, 0.05) is 5.69 Å². The number of halogens is 1. The lowest BCUT2D eigenvalue weighted by Crippen LogP contribution is -2.52. The average Bonchev–Trinajstić information content (AvgIpc) is 2.27. The maximum Gasteiger partial charge on any atom is 0.240 e. The molecule has 0 aliphatic carbocycles. The van der Waals surface area contributed by atoms with Gasteiger partial charge >= 0.3 is 0 Å². The summed E-state index contributed by atoms with van der Waals surface area (Å²) in [5.74, 6) is -0.762. The Labute approximate surface area is 125 Å². The van der Waals surface area contributed by atoms with Gasteiger partial charge in [-0.2, -0.15) is 0 Å². The lowest BCUT2D eigenvalue weighted by atomic mass is 9.86. The van der Waals surface area contributed by atoms with Gasteiger partial charge in [0.2, 0.25) is 11.8 Å². The van der Waals surface area contributed by atoms with Crippen molar-refractivity contribution in [1.82, 2.24) is 5.32 Å². The van der Waals surface area contributed by atoms with E-state index in [1.54, 1.807) is 24.3 Å². The van der Waals surface area contributed by atoms with Gasteiger partial charge in [-0.1, -0.05) is 32.9 Å². The Bertz CT molecular complexity index is 466. The summed E-state index contributed by atoms with van der Waals surface area (Å²) in [6.07, 6.45) is 0.195. The molecule has 0 bridgehead atoms. The highest BCUT2D eigenvalue weighted by Gasteiger charge is 2.30. The lowest BCUT2D eigenvalue weighted by molar-refractivity contribution is -0.129. The van der Waals surface area contributed by atoms with E-state index in [0.717, 1.165) is 5.56 Å². The van der Waals surface area contributed by atoms with Crippen molar-refractivity contribution in [3.8, 4) is 0 Å². The van der Waals surface area contributed by atoms with Gasteiger partial charge in [0.25, 0.3) is 0 Å². The molecule has 1 aromatic carbocycles. The van der Waals surface area contributed by atoms with Crippen LogP contribution >= 0.6 is 12.4 Å². The molecule has 1 unspecified atom stereocenters. The zero-order chi connectivity index (χ0) is 14.6. The number of nitrogens with two attached hydrogens (primary N) is 2. The van der Waals surface area contributed by atoms with Crippen molar-refractivity contribution in [3.05, 3.63) is 29.8 Å². The lowest BCUT2D eigenvalue weighted by Gasteiger charge is -2.28. The van der Waals surface area contributed by atoms with Crippen LogP contribution in [0.1, 0.15) is 26.3 Å². The minimum absolute atomic E-state index is 0. The third-order valence-electron chi connectivity index (χ3n) is 2.80. The first-order valence-corrected chi connectivity index (χ1v) is 6.13. The fourth-order valence-corrected chi connectivity index (χ4v) is 1.75. The van der Waals surface area contributed by atoms with Gasteiger partial charge in [-0.15, -0.1) is 12.4 Å². The molecule has 6 heteroatoms. The van der Waals surface area contributed by atoms with E-state index in [9.17, 15) is 9.59 Å². The highest BCUT2D eigenvalue weighted by Crippen LogP contribution is 2.19. The van der Waals surface area contributed by atoms with Gasteiger partial charge in [0.15, 0.2) is 0 Å². The van der Waals surface area contributed by atoms with Crippen LogP contribution in [0.4, 0.5) is 5.69 Å². The quantitative estimate of drug-likeness (QED) is 0.730. The van der Waals surface area contributed by atoms with Crippen LogP contribution in [-0.2, 0) is 16.0 Å². The number of rotatable bonds is 4. The zero-order valence-corrected chi connectivity index (χ0v) is 12.8. The molecule has 112 valence electrons. The average molecular weight is 300 g/mol. The molecule has 1 aromatic rings. The third-order valence-corrected chi connectivity index (χ3v) is 2.80. The van der Waals surface area contributed by atoms with E-state index in [0.29, 0.717) is 5.69 Å². The summed E-state index contributed by atoms with van der Waals surface area (Å²) < 4.78 is 0. The van der Waals surface area contributed by atoms with Crippen molar-refractivity contribution in [2.24, 2.45) is 11.1 Å². The summed E-state index contributed by atoms with van der Waals surface area (Å²) in [6.45, 7) is 5.56. The second-order valence-corrected chi connectivity index (χ2v) is 5.69. The second-order valence-electron chi connectivity index (χ2n) is 5.69. The van der Waals surface area contributed by atoms with Crippen LogP contribution in [0, 0.1) is 5.41 Å². The number of benzene rings is 1. The highest BCUT2D eigenvalue weighted by atomic mass is 35.5. The van der Waals surface area contributed by atoms with Crippen LogP contribution in [0.25, 0.3) is 0 Å². The first-order chi connectivity index (χ1) is 8.70. The molecule has 0 aliphatic rings. The van der Waals surface area contributed by atoms with Crippen molar-refractivity contribution < 1.29 is 9.59 Å². The minimum Gasteiger partial charge on any atom is -0.399 e. The smallest absolute Gasteiger partial charge is 0.240 e. The Morgan fingerprint density at radius 2 is 1.70 bits per heavy atom. The first-order valence-electron chi connectivity index (χ1n) is 6.13. The van der Waals surface area contributed by atoms with Crippen molar-refractivity contribution in [1.29, 1.82) is 0 Å². The van der Waals surface area contributed by atoms with Gasteiger partial charge in [-0.3, -0.25) is 9.59 Å². The fraction of sp³-hybridized carbons (Fsp3) is 0.429. The maximum absolute atomic E-state index is 11.9. The Morgan fingerprint density at radius 3 is 2.10 bits per heavy atom. The number of nitrogens with one attached hydrogen (secondary N) is 1. The molecule has 0 saturated heterocycles. The SMILES string of the molecule is CC(C)(C)C(NC(=O)Cc1ccc(N)cc1)C(N)=O.Cl. The van der Waals surface area contributed by atoms with Crippen molar-refractivity contribution >= 4 is 29.9 Å². The van der Waals surface area contributed by atoms with Crippen LogP contribution in [0.3, 0.4) is 0 Å². The monoisotopic (exact) mass is 299 g/mol. The predicted molar refractivity (Wildman–Crippen MR) is 82.4 cm³/mol. The van der Waals surface area contributed by atoms with E-state index >= 15 is 0 Å². The summed E-state index contributed by atoms with van der Waals surface area (Å²) in [5.41, 5.74) is 12.0. The first kappa shape index (κ1) is 18.2. The Balaban J connectivity index is 0.00000361. The van der Waals surface area contributed by atoms with Gasteiger partial charge in [-0.05, 0) is 23.1 Å². The largest absolute Gasteiger partial charge is 0.399 e. The van der Waals surface area contributed by atoms with Crippen LogP contribution < -0.4 is 16.8 Å². The number of primary amides is 1. The van der Waals surface area contributed by atoms with E-state index in [4.69, 9.17) is 11.5 Å². The van der Waals surface area contributed by atoms with E-state index in [2.05, 4.69) is 5.32 Å². The number of carbonyl (C=O) groups is 2. The molecule has 0 spiro atoms. The van der Waals surface area contributed by atoms with E-state index in [1.165, 1.54) is 0 Å². The molecule has 20 heavy (non-hydrogen) atoms. The molecule has 0 heterocycles. The summed E-state index contributed by atoms with van der Waals surface area (Å²) in [5, 5.41) is 2.67. The van der Waals surface area contributed by atoms with Crippen molar-refractivity contribution in [2.75, 3.05) is 5.73 Å². The molecule has 0 radical (unpaired) electrons. The van der Waals surface area contributed by atoms with Crippen LogP contribution in [-0.4, -0.2) is 17.9 Å². The van der Waals surface area contributed by atoms with Crippen LogP contribution in [0.2, 0.25) is 0 Å². The Morgan fingerprint density at radius 1 is 1.20 bits per heavy atom.